The number of sulfonamides is 1. The van der Waals surface area contributed by atoms with Crippen molar-refractivity contribution in [1.29, 1.82) is 0 Å². The fourth-order valence-electron chi connectivity index (χ4n) is 1.72. The predicted molar refractivity (Wildman–Crippen MR) is 94.6 cm³/mol. The van der Waals surface area contributed by atoms with E-state index in [1.807, 2.05) is 0 Å². The maximum Gasteiger partial charge on any atom is 0.261 e. The molecule has 4 nitrogen and oxygen atoms in total. The van der Waals surface area contributed by atoms with Crippen LogP contribution in [0.1, 0.15) is 19.4 Å². The molecule has 0 bridgehead atoms. The Balaban J connectivity index is 2.36. The first-order valence-corrected chi connectivity index (χ1v) is 9.08. The van der Waals surface area contributed by atoms with Gasteiger partial charge in [-0.1, -0.05) is 39.9 Å². The van der Waals surface area contributed by atoms with Crippen molar-refractivity contribution in [1.82, 2.24) is 0 Å². The van der Waals surface area contributed by atoms with Gasteiger partial charge >= 0.3 is 0 Å². The molecule has 2 aromatic rings. The zero-order valence-corrected chi connectivity index (χ0v) is 15.1. The Morgan fingerprint density at radius 1 is 1.09 bits per heavy atom. The number of anilines is 1. The van der Waals surface area contributed by atoms with E-state index in [4.69, 9.17) is 0 Å². The third kappa shape index (κ3) is 5.10. The van der Waals surface area contributed by atoms with Crippen molar-refractivity contribution in [2.45, 2.75) is 24.3 Å². The van der Waals surface area contributed by atoms with Gasteiger partial charge in [-0.25, -0.2) is 8.42 Å². The molecule has 0 atom stereocenters. The molecule has 0 aliphatic carbocycles. The third-order valence-corrected chi connectivity index (χ3v) is 4.71. The number of para-hydroxylation sites is 1. The monoisotopic (exact) mass is 393 g/mol. The Morgan fingerprint density at radius 2 is 1.70 bits per heavy atom. The third-order valence-electron chi connectivity index (χ3n) is 2.80. The van der Waals surface area contributed by atoms with Crippen molar-refractivity contribution in [2.24, 2.45) is 0 Å². The molecule has 0 amide bonds. The number of nitrogens with one attached hydrogen (secondary N) is 1. The van der Waals surface area contributed by atoms with Crippen LogP contribution < -0.4 is 4.72 Å². The van der Waals surface area contributed by atoms with Crippen LogP contribution in [0.3, 0.4) is 0 Å². The number of halogens is 1. The molecule has 0 saturated heterocycles. The predicted octanol–water partition coefficient (Wildman–Crippen LogP) is 3.37. The van der Waals surface area contributed by atoms with Crippen LogP contribution in [0.25, 0.3) is 0 Å². The highest BCUT2D eigenvalue weighted by Gasteiger charge is 2.15. The lowest BCUT2D eigenvalue weighted by atomic mass is 10.1. The van der Waals surface area contributed by atoms with E-state index in [0.717, 1.165) is 4.47 Å². The van der Waals surface area contributed by atoms with E-state index in [1.54, 1.807) is 50.2 Å². The molecule has 0 saturated carbocycles. The molecule has 0 aromatic heterocycles. The Labute approximate surface area is 144 Å². The summed E-state index contributed by atoms with van der Waals surface area (Å²) in [5, 5.41) is 9.69. The highest BCUT2D eigenvalue weighted by Crippen LogP contribution is 2.21. The molecular weight excluding hydrogens is 378 g/mol. The maximum atomic E-state index is 12.4. The Kier molecular flexibility index (Phi) is 5.15. The van der Waals surface area contributed by atoms with E-state index in [9.17, 15) is 13.5 Å². The Hall–Kier alpha value is -1.81. The van der Waals surface area contributed by atoms with E-state index in [-0.39, 0.29) is 4.90 Å². The molecule has 23 heavy (non-hydrogen) atoms. The number of hydrogen-bond acceptors (Lipinski definition) is 3. The summed E-state index contributed by atoms with van der Waals surface area (Å²) in [6.45, 7) is 3.13. The average Bonchev–Trinajstić information content (AvgIpc) is 2.45. The van der Waals surface area contributed by atoms with Crippen LogP contribution in [0.5, 0.6) is 0 Å². The van der Waals surface area contributed by atoms with Crippen LogP contribution in [0.4, 0.5) is 5.69 Å². The summed E-state index contributed by atoms with van der Waals surface area (Å²) in [5.41, 5.74) is -0.292. The largest absolute Gasteiger partial charge is 0.378 e. The molecule has 0 unspecified atom stereocenters. The number of rotatable bonds is 3. The zero-order chi connectivity index (χ0) is 17.1. The van der Waals surface area contributed by atoms with Gasteiger partial charge in [0.25, 0.3) is 10.0 Å². The highest BCUT2D eigenvalue weighted by molar-refractivity contribution is 9.10. The highest BCUT2D eigenvalue weighted by atomic mass is 79.9. The van der Waals surface area contributed by atoms with Gasteiger partial charge in [0.1, 0.15) is 5.60 Å². The van der Waals surface area contributed by atoms with Crippen molar-refractivity contribution in [3.63, 3.8) is 0 Å². The van der Waals surface area contributed by atoms with Crippen molar-refractivity contribution in [2.75, 3.05) is 4.72 Å². The van der Waals surface area contributed by atoms with Crippen LogP contribution >= 0.6 is 15.9 Å². The molecular formula is C17H16BrNO3S. The standard InChI is InChI=1S/C17H16BrNO3S/c1-17(2,20)12-11-13-5-3-4-6-16(13)19-23(21,22)15-9-7-14(18)8-10-15/h3-10,19-20H,1-2H3. The first kappa shape index (κ1) is 17.5. The van der Waals surface area contributed by atoms with Gasteiger partial charge in [0, 0.05) is 10.0 Å². The molecule has 120 valence electrons. The van der Waals surface area contributed by atoms with E-state index < -0.39 is 15.6 Å². The summed E-state index contributed by atoms with van der Waals surface area (Å²) < 4.78 is 28.2. The maximum absolute atomic E-state index is 12.4. The molecule has 0 spiro atoms. The molecule has 2 N–H and O–H groups in total. The summed E-state index contributed by atoms with van der Waals surface area (Å²) in [5.74, 6) is 5.48. The lowest BCUT2D eigenvalue weighted by Gasteiger charge is -2.11. The molecule has 0 fully saturated rings. The minimum atomic E-state index is -3.71. The first-order valence-electron chi connectivity index (χ1n) is 6.80. The van der Waals surface area contributed by atoms with Crippen molar-refractivity contribution in [3.8, 4) is 11.8 Å². The van der Waals surface area contributed by atoms with Crippen molar-refractivity contribution >= 4 is 31.6 Å². The topological polar surface area (TPSA) is 66.4 Å². The smallest absolute Gasteiger partial charge is 0.261 e. The second-order valence-corrected chi connectivity index (χ2v) is 8.01. The van der Waals surface area contributed by atoms with Crippen molar-refractivity contribution < 1.29 is 13.5 Å². The molecule has 0 aliphatic heterocycles. The second-order valence-electron chi connectivity index (χ2n) is 5.41. The first-order chi connectivity index (χ1) is 10.7. The van der Waals surface area contributed by atoms with Gasteiger partial charge in [-0.15, -0.1) is 0 Å². The van der Waals surface area contributed by atoms with Gasteiger partial charge in [0.05, 0.1) is 10.6 Å². The van der Waals surface area contributed by atoms with E-state index >= 15 is 0 Å². The SMILES string of the molecule is CC(C)(O)C#Cc1ccccc1NS(=O)(=O)c1ccc(Br)cc1. The number of aliphatic hydroxyl groups is 1. The van der Waals surface area contributed by atoms with Crippen LogP contribution in [0, 0.1) is 11.8 Å². The Bertz CT molecular complexity index is 857. The molecule has 0 aliphatic rings. The number of hydrogen-bond donors (Lipinski definition) is 2. The minimum Gasteiger partial charge on any atom is -0.378 e. The fourth-order valence-corrected chi connectivity index (χ4v) is 3.06. The summed E-state index contributed by atoms with van der Waals surface area (Å²) in [6, 6.07) is 13.1. The van der Waals surface area contributed by atoms with Gasteiger partial charge in [-0.05, 0) is 50.2 Å². The molecule has 6 heteroatoms. The quantitative estimate of drug-likeness (QED) is 0.785. The lowest BCUT2D eigenvalue weighted by molar-refractivity contribution is 0.143. The van der Waals surface area contributed by atoms with Gasteiger partial charge in [-0.2, -0.15) is 0 Å². The van der Waals surface area contributed by atoms with Gasteiger partial charge in [-0.3, -0.25) is 4.72 Å². The zero-order valence-electron chi connectivity index (χ0n) is 12.7. The summed E-state index contributed by atoms with van der Waals surface area (Å²) in [7, 11) is -3.71. The fraction of sp³-hybridized carbons (Fsp3) is 0.176. The summed E-state index contributed by atoms with van der Waals surface area (Å²) in [6.07, 6.45) is 0. The van der Waals surface area contributed by atoms with Crippen LogP contribution in [0.15, 0.2) is 57.9 Å². The van der Waals surface area contributed by atoms with Crippen molar-refractivity contribution in [3.05, 3.63) is 58.6 Å². The van der Waals surface area contributed by atoms with E-state index in [2.05, 4.69) is 32.5 Å². The summed E-state index contributed by atoms with van der Waals surface area (Å²) >= 11 is 3.27. The average molecular weight is 394 g/mol. The lowest BCUT2D eigenvalue weighted by Crippen LogP contribution is -2.15. The van der Waals surface area contributed by atoms with Crippen LogP contribution in [-0.2, 0) is 10.0 Å². The van der Waals surface area contributed by atoms with Crippen LogP contribution in [-0.4, -0.2) is 19.1 Å². The molecule has 0 heterocycles. The Morgan fingerprint density at radius 3 is 2.30 bits per heavy atom. The van der Waals surface area contributed by atoms with Gasteiger partial charge in [0.2, 0.25) is 0 Å². The normalized spacial score (nSPS) is 11.5. The van der Waals surface area contributed by atoms with Gasteiger partial charge in [0.15, 0.2) is 0 Å². The van der Waals surface area contributed by atoms with Crippen LogP contribution in [0.2, 0.25) is 0 Å². The molecule has 2 aromatic carbocycles. The van der Waals surface area contributed by atoms with Gasteiger partial charge < -0.3 is 5.11 Å². The number of benzene rings is 2. The van der Waals surface area contributed by atoms with E-state index in [0.29, 0.717) is 11.3 Å². The summed E-state index contributed by atoms with van der Waals surface area (Å²) in [4.78, 5) is 0.158. The second kappa shape index (κ2) is 6.75. The minimum absolute atomic E-state index is 0.158. The molecule has 2 rings (SSSR count). The molecule has 0 radical (unpaired) electrons. The van der Waals surface area contributed by atoms with E-state index in [1.165, 1.54) is 12.1 Å².